The molecule has 0 saturated heterocycles. The Kier molecular flexibility index (Phi) is 4.46. The van der Waals surface area contributed by atoms with Crippen LogP contribution in [-0.2, 0) is 10.8 Å². The maximum absolute atomic E-state index is 10.7. The molecular formula is C16H22N2O2S2. The molecule has 0 spiro atoms. The second-order valence-corrected chi connectivity index (χ2v) is 8.74. The summed E-state index contributed by atoms with van der Waals surface area (Å²) in [6.07, 6.45) is 0. The lowest BCUT2D eigenvalue weighted by molar-refractivity contribution is 0.421. The summed E-state index contributed by atoms with van der Waals surface area (Å²) in [6, 6.07) is 3.98. The van der Waals surface area contributed by atoms with Gasteiger partial charge in [-0.3, -0.25) is 0 Å². The topological polar surface area (TPSA) is 62.0 Å². The van der Waals surface area contributed by atoms with Gasteiger partial charge in [-0.25, -0.2) is 5.10 Å². The van der Waals surface area contributed by atoms with Crippen LogP contribution in [0.1, 0.15) is 52.7 Å². The molecule has 1 aromatic heterocycles. The van der Waals surface area contributed by atoms with E-state index in [4.69, 9.17) is 16.6 Å². The Morgan fingerprint density at radius 2 is 1.59 bits per heavy atom. The van der Waals surface area contributed by atoms with E-state index in [2.05, 4.69) is 51.7 Å². The highest BCUT2D eigenvalue weighted by Gasteiger charge is 2.27. The SMILES string of the molecule is CC(C)(C)c1cc(Sc2n[nH]c(=S)o2)cc(C(C)(C)C)c1O. The Morgan fingerprint density at radius 3 is 1.95 bits per heavy atom. The maximum Gasteiger partial charge on any atom is 0.284 e. The monoisotopic (exact) mass is 338 g/mol. The molecule has 0 aliphatic carbocycles. The summed E-state index contributed by atoms with van der Waals surface area (Å²) >= 11 is 6.29. The van der Waals surface area contributed by atoms with Gasteiger partial charge in [0, 0.05) is 16.0 Å². The quantitative estimate of drug-likeness (QED) is 0.738. The molecule has 2 rings (SSSR count). The van der Waals surface area contributed by atoms with Crippen molar-refractivity contribution in [1.82, 2.24) is 10.2 Å². The number of hydrogen-bond donors (Lipinski definition) is 2. The van der Waals surface area contributed by atoms with E-state index in [0.29, 0.717) is 11.0 Å². The van der Waals surface area contributed by atoms with Gasteiger partial charge in [0.25, 0.3) is 10.1 Å². The van der Waals surface area contributed by atoms with E-state index in [9.17, 15) is 5.11 Å². The lowest BCUT2D eigenvalue weighted by Gasteiger charge is -2.27. The Labute approximate surface area is 140 Å². The number of rotatable bonds is 2. The zero-order chi connectivity index (χ0) is 16.7. The lowest BCUT2D eigenvalue weighted by atomic mass is 9.79. The van der Waals surface area contributed by atoms with Crippen molar-refractivity contribution >= 4 is 24.0 Å². The zero-order valence-corrected chi connectivity index (χ0v) is 15.4. The summed E-state index contributed by atoms with van der Waals surface area (Å²) in [6.45, 7) is 12.5. The highest BCUT2D eigenvalue weighted by atomic mass is 32.2. The average Bonchev–Trinajstić information content (AvgIpc) is 2.74. The van der Waals surface area contributed by atoms with Crippen LogP contribution in [-0.4, -0.2) is 15.3 Å². The van der Waals surface area contributed by atoms with Gasteiger partial charge in [-0.1, -0.05) is 41.5 Å². The summed E-state index contributed by atoms with van der Waals surface area (Å²) < 4.78 is 5.32. The third-order valence-corrected chi connectivity index (χ3v) is 4.32. The third kappa shape index (κ3) is 3.73. The van der Waals surface area contributed by atoms with Crippen LogP contribution in [0.25, 0.3) is 0 Å². The molecule has 0 fully saturated rings. The molecule has 120 valence electrons. The van der Waals surface area contributed by atoms with Crippen molar-refractivity contribution in [3.05, 3.63) is 28.1 Å². The van der Waals surface area contributed by atoms with Gasteiger partial charge in [0.05, 0.1) is 0 Å². The normalized spacial score (nSPS) is 12.6. The number of aromatic hydroxyl groups is 1. The summed E-state index contributed by atoms with van der Waals surface area (Å²) in [7, 11) is 0. The minimum atomic E-state index is -0.160. The number of phenols is 1. The first-order valence-electron chi connectivity index (χ1n) is 7.10. The second kappa shape index (κ2) is 5.74. The first kappa shape index (κ1) is 17.1. The van der Waals surface area contributed by atoms with Crippen molar-refractivity contribution in [3.8, 4) is 5.75 Å². The van der Waals surface area contributed by atoms with Crippen molar-refractivity contribution in [2.75, 3.05) is 0 Å². The fourth-order valence-corrected chi connectivity index (χ4v) is 3.12. The van der Waals surface area contributed by atoms with Gasteiger partial charge in [-0.2, -0.15) is 0 Å². The lowest BCUT2D eigenvalue weighted by Crippen LogP contribution is -2.17. The number of H-pyrrole nitrogens is 1. The Hall–Kier alpha value is -1.27. The summed E-state index contributed by atoms with van der Waals surface area (Å²) in [5, 5.41) is 17.8. The largest absolute Gasteiger partial charge is 0.507 e. The van der Waals surface area contributed by atoms with Gasteiger partial charge < -0.3 is 9.52 Å². The van der Waals surface area contributed by atoms with Crippen LogP contribution in [0.15, 0.2) is 26.7 Å². The molecule has 0 atom stereocenters. The molecule has 0 unspecified atom stereocenters. The maximum atomic E-state index is 10.7. The fourth-order valence-electron chi connectivity index (χ4n) is 2.17. The summed E-state index contributed by atoms with van der Waals surface area (Å²) in [5.74, 6) is 0.368. The van der Waals surface area contributed by atoms with Crippen molar-refractivity contribution in [3.63, 3.8) is 0 Å². The van der Waals surface area contributed by atoms with Crippen LogP contribution in [0.3, 0.4) is 0 Å². The van der Waals surface area contributed by atoms with Gasteiger partial charge in [0.2, 0.25) is 0 Å². The molecule has 2 N–H and O–H groups in total. The van der Waals surface area contributed by atoms with Crippen LogP contribution < -0.4 is 0 Å². The molecule has 0 bridgehead atoms. The molecule has 4 nitrogen and oxygen atoms in total. The van der Waals surface area contributed by atoms with Crippen LogP contribution in [0.4, 0.5) is 0 Å². The molecule has 1 heterocycles. The minimum absolute atomic E-state index is 0.160. The molecule has 2 aromatic rings. The van der Waals surface area contributed by atoms with Gasteiger partial charge in [0.1, 0.15) is 5.75 Å². The van der Waals surface area contributed by atoms with E-state index >= 15 is 0 Å². The highest BCUT2D eigenvalue weighted by Crippen LogP contribution is 2.42. The van der Waals surface area contributed by atoms with E-state index in [1.54, 1.807) is 0 Å². The number of aromatic nitrogens is 2. The number of aromatic amines is 1. The van der Waals surface area contributed by atoms with Gasteiger partial charge in [0.15, 0.2) is 0 Å². The van der Waals surface area contributed by atoms with Crippen LogP contribution >= 0.6 is 24.0 Å². The van der Waals surface area contributed by atoms with Gasteiger partial charge in [-0.05, 0) is 46.9 Å². The van der Waals surface area contributed by atoms with Gasteiger partial charge >= 0.3 is 0 Å². The Morgan fingerprint density at radius 1 is 1.09 bits per heavy atom. The fraction of sp³-hybridized carbons (Fsp3) is 0.500. The number of benzene rings is 1. The molecule has 0 amide bonds. The minimum Gasteiger partial charge on any atom is -0.507 e. The molecular weight excluding hydrogens is 316 g/mol. The van der Waals surface area contributed by atoms with Crippen molar-refractivity contribution < 1.29 is 9.52 Å². The van der Waals surface area contributed by atoms with Crippen LogP contribution in [0, 0.1) is 4.84 Å². The van der Waals surface area contributed by atoms with Crippen molar-refractivity contribution in [2.24, 2.45) is 0 Å². The number of phenolic OH excluding ortho intramolecular Hbond substituents is 1. The molecule has 0 radical (unpaired) electrons. The molecule has 0 aliphatic heterocycles. The van der Waals surface area contributed by atoms with Gasteiger partial charge in [-0.15, -0.1) is 5.10 Å². The first-order valence-corrected chi connectivity index (χ1v) is 8.32. The molecule has 0 saturated carbocycles. The number of nitrogens with one attached hydrogen (secondary N) is 1. The predicted octanol–water partition coefficient (Wildman–Crippen LogP) is 5.18. The van der Waals surface area contributed by atoms with E-state index in [0.717, 1.165) is 16.0 Å². The van der Waals surface area contributed by atoms with Crippen LogP contribution in [0.5, 0.6) is 5.75 Å². The predicted molar refractivity (Wildman–Crippen MR) is 91.3 cm³/mol. The molecule has 1 aromatic carbocycles. The molecule has 0 aliphatic rings. The van der Waals surface area contributed by atoms with E-state index in [-0.39, 0.29) is 15.7 Å². The molecule has 6 heteroatoms. The summed E-state index contributed by atoms with van der Waals surface area (Å²) in [5.41, 5.74) is 1.51. The average molecular weight is 338 g/mol. The number of hydrogen-bond acceptors (Lipinski definition) is 5. The zero-order valence-electron chi connectivity index (χ0n) is 13.8. The molecule has 22 heavy (non-hydrogen) atoms. The highest BCUT2D eigenvalue weighted by molar-refractivity contribution is 7.99. The Bertz CT molecular complexity index is 699. The van der Waals surface area contributed by atoms with E-state index < -0.39 is 0 Å². The third-order valence-electron chi connectivity index (χ3n) is 3.32. The smallest absolute Gasteiger partial charge is 0.284 e. The van der Waals surface area contributed by atoms with Crippen molar-refractivity contribution in [2.45, 2.75) is 62.5 Å². The van der Waals surface area contributed by atoms with E-state index in [1.165, 1.54) is 11.8 Å². The Balaban J connectivity index is 2.57. The first-order chi connectivity index (χ1) is 9.98. The van der Waals surface area contributed by atoms with Crippen molar-refractivity contribution in [1.29, 1.82) is 0 Å². The second-order valence-electron chi connectivity index (χ2n) is 7.35. The summed E-state index contributed by atoms with van der Waals surface area (Å²) in [4.78, 5) is 1.23. The van der Waals surface area contributed by atoms with E-state index in [1.807, 2.05) is 12.1 Å². The standard InChI is InChI=1S/C16H22N2O2S2/c1-15(2,3)10-7-9(22-14-18-17-13(21)20-14)8-11(12(10)19)16(4,5)6/h7-8,19H,1-6H3,(H,17,21). The van der Waals surface area contributed by atoms with Crippen LogP contribution in [0.2, 0.25) is 0 Å². The number of nitrogens with zero attached hydrogens (tertiary/aromatic N) is 1.